The third-order valence-electron chi connectivity index (χ3n) is 7.92. The summed E-state index contributed by atoms with van der Waals surface area (Å²) in [6.45, 7) is 15.3. The molecule has 1 aromatic carbocycles. The molecule has 0 saturated heterocycles. The minimum Gasteiger partial charge on any atom is -0.469 e. The number of carbonyl (C=O) groups excluding carboxylic acids is 2. The monoisotopic (exact) mass is 520 g/mol. The molecule has 4 nitrogen and oxygen atoms in total. The maximum Gasteiger partial charge on any atom is 0.305 e. The van der Waals surface area contributed by atoms with E-state index in [2.05, 4.69) is 70.3 Å². The summed E-state index contributed by atoms with van der Waals surface area (Å²) in [5.74, 6) is 0.287. The summed E-state index contributed by atoms with van der Waals surface area (Å²) < 4.78 is 11.7. The number of unbranched alkanes of at least 4 members (excludes halogenated alkanes) is 1. The second-order valence-corrected chi connectivity index (χ2v) is 17.3. The van der Waals surface area contributed by atoms with Gasteiger partial charge in [0.2, 0.25) is 0 Å². The van der Waals surface area contributed by atoms with Gasteiger partial charge in [0.05, 0.1) is 13.2 Å². The van der Waals surface area contributed by atoms with Gasteiger partial charge in [0.1, 0.15) is 6.29 Å². The number of allylic oxidation sites excluding steroid dienone is 2. The summed E-state index contributed by atoms with van der Waals surface area (Å²) >= 11 is 6.98. The van der Waals surface area contributed by atoms with Crippen LogP contribution in [0.3, 0.4) is 0 Å². The first-order chi connectivity index (χ1) is 16.2. The SMILES string of the molecule is COC(=O)CCC/C=C\C[C@@H]1C(c2ccc(C(C)(C)C=O)cc2)[C@H](O[Si](C)(C)C(C)(C)C)C[C@H]1Cl. The highest BCUT2D eigenvalue weighted by molar-refractivity contribution is 6.74. The molecule has 1 saturated carbocycles. The molecule has 1 aromatic rings. The molecular weight excluding hydrogens is 476 g/mol. The number of rotatable bonds is 11. The van der Waals surface area contributed by atoms with Crippen molar-refractivity contribution in [3.63, 3.8) is 0 Å². The van der Waals surface area contributed by atoms with Crippen LogP contribution in [0.2, 0.25) is 18.1 Å². The van der Waals surface area contributed by atoms with E-state index in [-0.39, 0.29) is 34.3 Å². The molecule has 1 fully saturated rings. The Hall–Kier alpha value is -1.43. The van der Waals surface area contributed by atoms with Gasteiger partial charge in [0, 0.05) is 23.1 Å². The van der Waals surface area contributed by atoms with Crippen molar-refractivity contribution in [1.29, 1.82) is 0 Å². The number of hydrogen-bond donors (Lipinski definition) is 0. The molecule has 1 aliphatic rings. The summed E-state index contributed by atoms with van der Waals surface area (Å²) in [7, 11) is -0.556. The molecular formula is C29H45ClO4Si. The van der Waals surface area contributed by atoms with Crippen LogP contribution < -0.4 is 0 Å². The lowest BCUT2D eigenvalue weighted by atomic mass is 9.82. The highest BCUT2D eigenvalue weighted by atomic mass is 35.5. The molecule has 6 heteroatoms. The van der Waals surface area contributed by atoms with Gasteiger partial charge in [-0.3, -0.25) is 4.79 Å². The van der Waals surface area contributed by atoms with E-state index in [1.54, 1.807) is 0 Å². The first kappa shape index (κ1) is 29.8. The van der Waals surface area contributed by atoms with Gasteiger partial charge in [-0.15, -0.1) is 11.6 Å². The third kappa shape index (κ3) is 7.77. The van der Waals surface area contributed by atoms with Crippen LogP contribution in [0.5, 0.6) is 0 Å². The molecule has 0 amide bonds. The van der Waals surface area contributed by atoms with E-state index in [0.29, 0.717) is 6.42 Å². The minimum atomic E-state index is -1.98. The van der Waals surface area contributed by atoms with E-state index in [4.69, 9.17) is 20.8 Å². The summed E-state index contributed by atoms with van der Waals surface area (Å²) in [5.41, 5.74) is 1.74. The van der Waals surface area contributed by atoms with Crippen LogP contribution in [-0.2, 0) is 24.2 Å². The van der Waals surface area contributed by atoms with Crippen molar-refractivity contribution in [3.05, 3.63) is 47.5 Å². The van der Waals surface area contributed by atoms with Crippen LogP contribution in [0, 0.1) is 5.92 Å². The fourth-order valence-corrected chi connectivity index (χ4v) is 6.31. The molecule has 196 valence electrons. The van der Waals surface area contributed by atoms with Crippen LogP contribution in [0.4, 0.5) is 0 Å². The number of ether oxygens (including phenoxy) is 1. The molecule has 35 heavy (non-hydrogen) atoms. The number of carbonyl (C=O) groups is 2. The van der Waals surface area contributed by atoms with Crippen molar-refractivity contribution in [1.82, 2.24) is 0 Å². The zero-order chi connectivity index (χ0) is 26.4. The number of aldehydes is 1. The third-order valence-corrected chi connectivity index (χ3v) is 12.9. The fraction of sp³-hybridized carbons (Fsp3) is 0.655. The second kappa shape index (κ2) is 12.2. The average molecular weight is 521 g/mol. The molecule has 0 bridgehead atoms. The van der Waals surface area contributed by atoms with Crippen LogP contribution in [-0.4, -0.2) is 39.2 Å². The largest absolute Gasteiger partial charge is 0.469 e. The van der Waals surface area contributed by atoms with Gasteiger partial charge >= 0.3 is 5.97 Å². The van der Waals surface area contributed by atoms with E-state index in [9.17, 15) is 9.59 Å². The molecule has 1 aliphatic carbocycles. The first-order valence-corrected chi connectivity index (χ1v) is 16.2. The van der Waals surface area contributed by atoms with Gasteiger partial charge in [-0.2, -0.15) is 0 Å². The number of halogens is 1. The Kier molecular flexibility index (Phi) is 10.4. The smallest absolute Gasteiger partial charge is 0.305 e. The maximum absolute atomic E-state index is 11.5. The van der Waals surface area contributed by atoms with Gasteiger partial charge in [-0.05, 0) is 74.7 Å². The van der Waals surface area contributed by atoms with E-state index < -0.39 is 13.7 Å². The second-order valence-electron chi connectivity index (χ2n) is 12.0. The Bertz CT molecular complexity index is 870. The molecule has 1 unspecified atom stereocenters. The summed E-state index contributed by atoms with van der Waals surface area (Å²) in [5, 5.41) is 0.148. The predicted octanol–water partition coefficient (Wildman–Crippen LogP) is 7.55. The van der Waals surface area contributed by atoms with E-state index in [1.807, 2.05) is 13.8 Å². The van der Waals surface area contributed by atoms with E-state index >= 15 is 0 Å². The number of hydrogen-bond acceptors (Lipinski definition) is 4. The summed E-state index contributed by atoms with van der Waals surface area (Å²) in [6.07, 6.45) is 9.22. The van der Waals surface area contributed by atoms with Crippen LogP contribution in [0.25, 0.3) is 0 Å². The molecule has 0 aromatic heterocycles. The predicted molar refractivity (Wildman–Crippen MR) is 148 cm³/mol. The molecule has 0 heterocycles. The van der Waals surface area contributed by atoms with Gasteiger partial charge < -0.3 is 14.0 Å². The quantitative estimate of drug-likeness (QED) is 0.0754. The number of benzene rings is 1. The Labute approximate surface area is 218 Å². The molecule has 0 spiro atoms. The lowest BCUT2D eigenvalue weighted by molar-refractivity contribution is -0.140. The van der Waals surface area contributed by atoms with Crippen molar-refractivity contribution >= 4 is 32.2 Å². The normalized spacial score (nSPS) is 23.6. The van der Waals surface area contributed by atoms with Gasteiger partial charge in [0.25, 0.3) is 0 Å². The zero-order valence-electron chi connectivity index (χ0n) is 22.9. The Morgan fingerprint density at radius 3 is 2.29 bits per heavy atom. The Morgan fingerprint density at radius 2 is 1.74 bits per heavy atom. The lowest BCUT2D eigenvalue weighted by Gasteiger charge is -2.40. The van der Waals surface area contributed by atoms with Gasteiger partial charge in [0.15, 0.2) is 8.32 Å². The molecule has 0 aliphatic heterocycles. The number of alkyl halides is 1. The molecule has 0 N–H and O–H groups in total. The van der Waals surface area contributed by atoms with Gasteiger partial charge in [-0.25, -0.2) is 0 Å². The summed E-state index contributed by atoms with van der Waals surface area (Å²) in [6, 6.07) is 8.48. The van der Waals surface area contributed by atoms with E-state index in [1.165, 1.54) is 12.7 Å². The number of methoxy groups -OCH3 is 1. The average Bonchev–Trinajstić information content (AvgIpc) is 3.09. The Balaban J connectivity index is 2.27. The van der Waals surface area contributed by atoms with Crippen LogP contribution >= 0.6 is 11.6 Å². The lowest BCUT2D eigenvalue weighted by Crippen LogP contribution is -2.44. The highest BCUT2D eigenvalue weighted by Crippen LogP contribution is 2.49. The maximum atomic E-state index is 11.5. The zero-order valence-corrected chi connectivity index (χ0v) is 24.7. The van der Waals surface area contributed by atoms with Crippen LogP contribution in [0.1, 0.15) is 83.8 Å². The van der Waals surface area contributed by atoms with E-state index in [0.717, 1.165) is 37.5 Å². The van der Waals surface area contributed by atoms with Crippen molar-refractivity contribution in [3.8, 4) is 0 Å². The molecule has 2 rings (SSSR count). The minimum absolute atomic E-state index is 0.0283. The first-order valence-electron chi connectivity index (χ1n) is 12.8. The van der Waals surface area contributed by atoms with Crippen molar-refractivity contribution < 1.29 is 18.8 Å². The fourth-order valence-electron chi connectivity index (χ4n) is 4.52. The summed E-state index contributed by atoms with van der Waals surface area (Å²) in [4.78, 5) is 22.9. The molecule has 0 radical (unpaired) electrons. The van der Waals surface area contributed by atoms with Crippen molar-refractivity contribution in [2.24, 2.45) is 5.92 Å². The Morgan fingerprint density at radius 1 is 1.11 bits per heavy atom. The topological polar surface area (TPSA) is 52.6 Å². The van der Waals surface area contributed by atoms with Gasteiger partial charge in [-0.1, -0.05) is 57.2 Å². The standard InChI is InChI=1S/C29H45ClO4Si/c1-28(2,3)35(7,8)34-25-19-24(30)23(13-11-9-10-12-14-26(32)33-6)27(25)21-15-17-22(18-16-21)29(4,5)20-31/h9,11,15-18,20,23-25,27H,10,12-14,19H2,1-8H3/b11-9-/t23-,24+,25+,27?/m0/s1. The van der Waals surface area contributed by atoms with Crippen molar-refractivity contribution in [2.75, 3.05) is 7.11 Å². The highest BCUT2D eigenvalue weighted by Gasteiger charge is 2.48. The van der Waals surface area contributed by atoms with Crippen LogP contribution in [0.15, 0.2) is 36.4 Å². The molecule has 4 atom stereocenters. The number of esters is 1. The van der Waals surface area contributed by atoms with Crippen molar-refractivity contribution in [2.45, 2.75) is 108 Å².